The third-order valence-corrected chi connectivity index (χ3v) is 4.45. The Morgan fingerprint density at radius 3 is 2.89 bits per heavy atom. The highest BCUT2D eigenvalue weighted by molar-refractivity contribution is 8.01. The van der Waals surface area contributed by atoms with E-state index in [4.69, 9.17) is 0 Å². The Hall–Kier alpha value is -0.840. The molecule has 0 aliphatic heterocycles. The van der Waals surface area contributed by atoms with Crippen molar-refractivity contribution >= 4 is 23.1 Å². The van der Waals surface area contributed by atoms with Crippen LogP contribution in [-0.4, -0.2) is 11.5 Å². The van der Waals surface area contributed by atoms with Crippen LogP contribution in [0.15, 0.2) is 45.1 Å². The average molecular weight is 278 g/mol. The third-order valence-electron chi connectivity index (χ3n) is 2.45. The molecule has 0 aliphatic rings. The molecule has 1 aromatic heterocycles. The Labute approximate surface area is 117 Å². The topological polar surface area (TPSA) is 24.9 Å². The molecule has 0 aliphatic carbocycles. The minimum absolute atomic E-state index is 0.684. The number of nitrogens with zero attached hydrogens (tertiary/aromatic N) is 1. The van der Waals surface area contributed by atoms with Gasteiger partial charge < -0.3 is 5.32 Å². The maximum absolute atomic E-state index is 4.32. The fraction of sp³-hybridized carbons (Fsp3) is 0.357. The first-order chi connectivity index (χ1) is 8.75. The van der Waals surface area contributed by atoms with Crippen LogP contribution in [0.25, 0.3) is 0 Å². The minimum Gasteiger partial charge on any atom is -0.312 e. The van der Waals surface area contributed by atoms with Crippen molar-refractivity contribution in [3.05, 3.63) is 41.4 Å². The molecule has 1 aromatic carbocycles. The lowest BCUT2D eigenvalue weighted by atomic mass is 10.2. The van der Waals surface area contributed by atoms with E-state index in [1.807, 2.05) is 11.6 Å². The van der Waals surface area contributed by atoms with Gasteiger partial charge in [0.1, 0.15) is 0 Å². The molecule has 0 bridgehead atoms. The zero-order valence-electron chi connectivity index (χ0n) is 10.7. The van der Waals surface area contributed by atoms with Gasteiger partial charge in [0.05, 0.1) is 0 Å². The summed E-state index contributed by atoms with van der Waals surface area (Å²) in [5.74, 6) is 0.684. The van der Waals surface area contributed by atoms with Crippen LogP contribution in [-0.2, 0) is 6.54 Å². The second-order valence-corrected chi connectivity index (χ2v) is 6.72. The monoisotopic (exact) mass is 278 g/mol. The number of nitrogens with one attached hydrogen (secondary N) is 1. The Morgan fingerprint density at radius 1 is 1.33 bits per heavy atom. The summed E-state index contributed by atoms with van der Waals surface area (Å²) in [6, 6.07) is 8.53. The minimum atomic E-state index is 0.684. The van der Waals surface area contributed by atoms with Gasteiger partial charge in [-0.15, -0.1) is 11.3 Å². The molecule has 4 heteroatoms. The van der Waals surface area contributed by atoms with Crippen molar-refractivity contribution in [2.45, 2.75) is 29.6 Å². The SMILES string of the molecule is CC(C)CNCc1ccccc1Sc1nccs1. The van der Waals surface area contributed by atoms with E-state index in [1.165, 1.54) is 10.5 Å². The lowest BCUT2D eigenvalue weighted by Crippen LogP contribution is -2.19. The smallest absolute Gasteiger partial charge is 0.154 e. The molecular formula is C14H18N2S2. The first kappa shape index (κ1) is 13.6. The van der Waals surface area contributed by atoms with E-state index in [0.717, 1.165) is 17.4 Å². The van der Waals surface area contributed by atoms with Crippen molar-refractivity contribution in [2.75, 3.05) is 6.54 Å². The van der Waals surface area contributed by atoms with Gasteiger partial charge >= 0.3 is 0 Å². The van der Waals surface area contributed by atoms with Crippen molar-refractivity contribution in [1.29, 1.82) is 0 Å². The van der Waals surface area contributed by atoms with Crippen molar-refractivity contribution in [3.63, 3.8) is 0 Å². The summed E-state index contributed by atoms with van der Waals surface area (Å²) < 4.78 is 1.10. The summed E-state index contributed by atoms with van der Waals surface area (Å²) in [6.07, 6.45) is 1.85. The molecule has 0 unspecified atom stereocenters. The van der Waals surface area contributed by atoms with Gasteiger partial charge in [0.25, 0.3) is 0 Å². The summed E-state index contributed by atoms with van der Waals surface area (Å²) in [4.78, 5) is 5.62. The molecule has 0 spiro atoms. The molecule has 18 heavy (non-hydrogen) atoms. The highest BCUT2D eigenvalue weighted by atomic mass is 32.2. The number of rotatable bonds is 6. The van der Waals surface area contributed by atoms with Gasteiger partial charge in [-0.2, -0.15) is 0 Å². The van der Waals surface area contributed by atoms with Crippen LogP contribution in [0.3, 0.4) is 0 Å². The average Bonchev–Trinajstić information content (AvgIpc) is 2.84. The predicted octanol–water partition coefficient (Wildman–Crippen LogP) is 4.04. The van der Waals surface area contributed by atoms with E-state index in [0.29, 0.717) is 5.92 Å². The van der Waals surface area contributed by atoms with Crippen molar-refractivity contribution < 1.29 is 0 Å². The lowest BCUT2D eigenvalue weighted by Gasteiger charge is -2.10. The summed E-state index contributed by atoms with van der Waals surface area (Å²) in [7, 11) is 0. The molecular weight excluding hydrogens is 260 g/mol. The molecule has 2 nitrogen and oxygen atoms in total. The molecule has 1 N–H and O–H groups in total. The van der Waals surface area contributed by atoms with Crippen LogP contribution < -0.4 is 5.32 Å². The fourth-order valence-electron chi connectivity index (χ4n) is 1.60. The fourth-order valence-corrected chi connectivity index (χ4v) is 3.31. The van der Waals surface area contributed by atoms with Crippen LogP contribution in [0.5, 0.6) is 0 Å². The summed E-state index contributed by atoms with van der Waals surface area (Å²) >= 11 is 3.43. The maximum Gasteiger partial charge on any atom is 0.154 e. The van der Waals surface area contributed by atoms with E-state index in [2.05, 4.69) is 48.4 Å². The highest BCUT2D eigenvalue weighted by Gasteiger charge is 2.05. The van der Waals surface area contributed by atoms with Gasteiger partial charge in [0, 0.05) is 23.0 Å². The predicted molar refractivity (Wildman–Crippen MR) is 79.2 cm³/mol. The highest BCUT2D eigenvalue weighted by Crippen LogP contribution is 2.31. The van der Waals surface area contributed by atoms with Gasteiger partial charge in [-0.25, -0.2) is 4.98 Å². The van der Waals surface area contributed by atoms with Crippen molar-refractivity contribution in [1.82, 2.24) is 10.3 Å². The molecule has 0 saturated heterocycles. The van der Waals surface area contributed by atoms with Gasteiger partial charge in [-0.1, -0.05) is 43.8 Å². The van der Waals surface area contributed by atoms with Crippen LogP contribution in [0.2, 0.25) is 0 Å². The number of thiazole rings is 1. The van der Waals surface area contributed by atoms with Crippen LogP contribution in [0, 0.1) is 5.92 Å². The van der Waals surface area contributed by atoms with Crippen LogP contribution in [0.1, 0.15) is 19.4 Å². The van der Waals surface area contributed by atoms with E-state index < -0.39 is 0 Å². The van der Waals surface area contributed by atoms with E-state index in [9.17, 15) is 0 Å². The third kappa shape index (κ3) is 4.12. The Balaban J connectivity index is 2.01. The number of hydrogen-bond acceptors (Lipinski definition) is 4. The van der Waals surface area contributed by atoms with Crippen LogP contribution >= 0.6 is 23.1 Å². The van der Waals surface area contributed by atoms with Crippen molar-refractivity contribution in [3.8, 4) is 0 Å². The molecule has 0 radical (unpaired) electrons. The summed E-state index contributed by atoms with van der Waals surface area (Å²) in [5.41, 5.74) is 1.35. The zero-order chi connectivity index (χ0) is 12.8. The number of benzene rings is 1. The second kappa shape index (κ2) is 6.92. The maximum atomic E-state index is 4.32. The summed E-state index contributed by atoms with van der Waals surface area (Å²) in [5, 5.41) is 5.51. The molecule has 1 heterocycles. The quantitative estimate of drug-likeness (QED) is 0.863. The number of hydrogen-bond donors (Lipinski definition) is 1. The molecule has 0 fully saturated rings. The Morgan fingerprint density at radius 2 is 2.17 bits per heavy atom. The second-order valence-electron chi connectivity index (χ2n) is 4.53. The molecule has 0 atom stereocenters. The molecule has 2 rings (SSSR count). The molecule has 0 amide bonds. The van der Waals surface area contributed by atoms with Gasteiger partial charge in [-0.3, -0.25) is 0 Å². The van der Waals surface area contributed by atoms with Gasteiger partial charge in [0.15, 0.2) is 4.34 Å². The normalized spacial score (nSPS) is 11.1. The zero-order valence-corrected chi connectivity index (χ0v) is 12.4. The number of aromatic nitrogens is 1. The van der Waals surface area contributed by atoms with E-state index in [-0.39, 0.29) is 0 Å². The molecule has 96 valence electrons. The van der Waals surface area contributed by atoms with Crippen molar-refractivity contribution in [2.24, 2.45) is 5.92 Å². The first-order valence-electron chi connectivity index (χ1n) is 6.11. The van der Waals surface area contributed by atoms with E-state index in [1.54, 1.807) is 23.1 Å². The lowest BCUT2D eigenvalue weighted by molar-refractivity contribution is 0.550. The molecule has 0 saturated carbocycles. The van der Waals surface area contributed by atoms with E-state index >= 15 is 0 Å². The Kier molecular flexibility index (Phi) is 5.23. The first-order valence-corrected chi connectivity index (χ1v) is 7.81. The standard InChI is InChI=1S/C14H18N2S2/c1-11(2)9-15-10-12-5-3-4-6-13(12)18-14-16-7-8-17-14/h3-8,11,15H,9-10H2,1-2H3. The van der Waals surface area contributed by atoms with Crippen LogP contribution in [0.4, 0.5) is 0 Å². The Bertz CT molecular complexity index is 466. The van der Waals surface area contributed by atoms with Gasteiger partial charge in [0.2, 0.25) is 0 Å². The molecule has 2 aromatic rings. The summed E-state index contributed by atoms with van der Waals surface area (Å²) in [6.45, 7) is 6.43. The largest absolute Gasteiger partial charge is 0.312 e. The van der Waals surface area contributed by atoms with Gasteiger partial charge in [-0.05, 0) is 24.1 Å².